The summed E-state index contributed by atoms with van der Waals surface area (Å²) in [6.45, 7) is 7.97. The molecule has 0 bridgehead atoms. The summed E-state index contributed by atoms with van der Waals surface area (Å²) in [6, 6.07) is 5.62. The summed E-state index contributed by atoms with van der Waals surface area (Å²) in [6.07, 6.45) is 0. The first-order valence-electron chi connectivity index (χ1n) is 6.39. The minimum atomic E-state index is -0.0736. The van der Waals surface area contributed by atoms with Crippen molar-refractivity contribution in [2.75, 3.05) is 5.32 Å². The van der Waals surface area contributed by atoms with E-state index in [1.54, 1.807) is 11.3 Å². The summed E-state index contributed by atoms with van der Waals surface area (Å²) in [4.78, 5) is 16.7. The van der Waals surface area contributed by atoms with Crippen molar-refractivity contribution in [1.82, 2.24) is 4.98 Å². The van der Waals surface area contributed by atoms with Crippen molar-refractivity contribution in [3.63, 3.8) is 0 Å². The number of aromatic nitrogens is 1. The number of rotatable bonds is 4. The minimum Gasteiger partial charge on any atom is -0.486 e. The van der Waals surface area contributed by atoms with Gasteiger partial charge in [0.05, 0.1) is 5.69 Å². The molecule has 0 saturated carbocycles. The number of hydrogen-bond acceptors (Lipinski definition) is 4. The van der Waals surface area contributed by atoms with Crippen LogP contribution in [0.15, 0.2) is 18.2 Å². The van der Waals surface area contributed by atoms with E-state index >= 15 is 0 Å². The van der Waals surface area contributed by atoms with Crippen LogP contribution in [0.5, 0.6) is 5.75 Å². The SMILES string of the molecule is CC(=O)Nc1ccc(OCc2nc(C)c(C)s2)cc1C. The van der Waals surface area contributed by atoms with E-state index < -0.39 is 0 Å². The van der Waals surface area contributed by atoms with Crippen molar-refractivity contribution >= 4 is 22.9 Å². The second kappa shape index (κ2) is 6.05. The fourth-order valence-corrected chi connectivity index (χ4v) is 2.65. The molecule has 0 radical (unpaired) electrons. The Morgan fingerprint density at radius 3 is 2.65 bits per heavy atom. The molecule has 0 unspecified atom stereocenters. The molecule has 1 heterocycles. The Hall–Kier alpha value is -1.88. The van der Waals surface area contributed by atoms with Crippen LogP contribution in [0.25, 0.3) is 0 Å². The molecule has 0 fully saturated rings. The second-order valence-electron chi connectivity index (χ2n) is 4.70. The fourth-order valence-electron chi connectivity index (χ4n) is 1.80. The van der Waals surface area contributed by atoms with Gasteiger partial charge in [-0.25, -0.2) is 4.98 Å². The third kappa shape index (κ3) is 3.57. The summed E-state index contributed by atoms with van der Waals surface area (Å²) in [5, 5.41) is 3.76. The molecule has 0 atom stereocenters. The van der Waals surface area contributed by atoms with Crippen LogP contribution in [0.1, 0.15) is 28.1 Å². The van der Waals surface area contributed by atoms with Gasteiger partial charge >= 0.3 is 0 Å². The summed E-state index contributed by atoms with van der Waals surface area (Å²) in [5.74, 6) is 0.706. The van der Waals surface area contributed by atoms with Gasteiger partial charge in [0.25, 0.3) is 0 Å². The molecule has 0 aliphatic rings. The van der Waals surface area contributed by atoms with Crippen molar-refractivity contribution < 1.29 is 9.53 Å². The van der Waals surface area contributed by atoms with Gasteiger partial charge in [0.15, 0.2) is 0 Å². The first kappa shape index (κ1) is 14.5. The fraction of sp³-hybridized carbons (Fsp3) is 0.333. The van der Waals surface area contributed by atoms with E-state index in [4.69, 9.17) is 4.74 Å². The van der Waals surface area contributed by atoms with E-state index in [9.17, 15) is 4.79 Å². The first-order valence-corrected chi connectivity index (χ1v) is 7.21. The van der Waals surface area contributed by atoms with Crippen molar-refractivity contribution in [2.24, 2.45) is 0 Å². The zero-order valence-corrected chi connectivity index (χ0v) is 12.9. The van der Waals surface area contributed by atoms with Crippen LogP contribution in [0.3, 0.4) is 0 Å². The van der Waals surface area contributed by atoms with Crippen molar-refractivity contribution in [1.29, 1.82) is 0 Å². The highest BCUT2D eigenvalue weighted by atomic mass is 32.1. The van der Waals surface area contributed by atoms with E-state index in [-0.39, 0.29) is 5.91 Å². The number of amides is 1. The summed E-state index contributed by atoms with van der Waals surface area (Å²) < 4.78 is 5.74. The summed E-state index contributed by atoms with van der Waals surface area (Å²) >= 11 is 1.66. The number of nitrogens with zero attached hydrogens (tertiary/aromatic N) is 1. The third-order valence-corrected chi connectivity index (χ3v) is 3.99. The Morgan fingerprint density at radius 1 is 1.35 bits per heavy atom. The quantitative estimate of drug-likeness (QED) is 0.936. The molecule has 5 heteroatoms. The van der Waals surface area contributed by atoms with Crippen LogP contribution in [0.2, 0.25) is 0 Å². The number of carbonyl (C=O) groups excluding carboxylic acids is 1. The molecule has 1 N–H and O–H groups in total. The number of nitrogens with one attached hydrogen (secondary N) is 1. The van der Waals surface area contributed by atoms with Crippen LogP contribution in [-0.4, -0.2) is 10.9 Å². The van der Waals surface area contributed by atoms with Gasteiger partial charge in [-0.15, -0.1) is 11.3 Å². The van der Waals surface area contributed by atoms with Gasteiger partial charge in [-0.2, -0.15) is 0 Å². The Kier molecular flexibility index (Phi) is 4.39. The van der Waals surface area contributed by atoms with Gasteiger partial charge in [-0.3, -0.25) is 4.79 Å². The number of ether oxygens (including phenoxy) is 1. The lowest BCUT2D eigenvalue weighted by Crippen LogP contribution is -2.07. The highest BCUT2D eigenvalue weighted by Crippen LogP contribution is 2.23. The van der Waals surface area contributed by atoms with Crippen LogP contribution < -0.4 is 10.1 Å². The highest BCUT2D eigenvalue weighted by Gasteiger charge is 2.06. The number of hydrogen-bond donors (Lipinski definition) is 1. The standard InChI is InChI=1S/C15H18N2O2S/c1-9-7-13(5-6-14(9)17-12(4)18)19-8-15-16-10(2)11(3)20-15/h5-7H,8H2,1-4H3,(H,17,18). The molecule has 20 heavy (non-hydrogen) atoms. The largest absolute Gasteiger partial charge is 0.486 e. The van der Waals surface area contributed by atoms with Gasteiger partial charge in [0.1, 0.15) is 17.4 Å². The van der Waals surface area contributed by atoms with Gasteiger partial charge in [0, 0.05) is 17.5 Å². The zero-order valence-electron chi connectivity index (χ0n) is 12.1. The molecule has 4 nitrogen and oxygen atoms in total. The molecule has 0 saturated heterocycles. The molecule has 2 rings (SSSR count). The van der Waals surface area contributed by atoms with Crippen molar-refractivity contribution in [3.05, 3.63) is 39.3 Å². The predicted molar refractivity (Wildman–Crippen MR) is 81.4 cm³/mol. The Balaban J connectivity index is 2.03. The van der Waals surface area contributed by atoms with E-state index in [0.717, 1.165) is 27.7 Å². The molecule has 1 aromatic heterocycles. The number of aryl methyl sites for hydroxylation is 3. The Morgan fingerprint density at radius 2 is 2.10 bits per heavy atom. The summed E-state index contributed by atoms with van der Waals surface area (Å²) in [7, 11) is 0. The van der Waals surface area contributed by atoms with E-state index in [1.165, 1.54) is 11.8 Å². The third-order valence-electron chi connectivity index (χ3n) is 2.94. The van der Waals surface area contributed by atoms with Gasteiger partial charge in [0.2, 0.25) is 5.91 Å². The highest BCUT2D eigenvalue weighted by molar-refractivity contribution is 7.11. The van der Waals surface area contributed by atoms with Crippen LogP contribution in [0.4, 0.5) is 5.69 Å². The minimum absolute atomic E-state index is 0.0736. The normalized spacial score (nSPS) is 10.4. The van der Waals surface area contributed by atoms with Gasteiger partial charge < -0.3 is 10.1 Å². The molecule has 1 aromatic carbocycles. The summed E-state index contributed by atoms with van der Waals surface area (Å²) in [5.41, 5.74) is 2.85. The lowest BCUT2D eigenvalue weighted by atomic mass is 10.2. The lowest BCUT2D eigenvalue weighted by molar-refractivity contribution is -0.114. The molecular weight excluding hydrogens is 272 g/mol. The molecule has 0 aliphatic heterocycles. The lowest BCUT2D eigenvalue weighted by Gasteiger charge is -2.09. The maximum absolute atomic E-state index is 11.0. The molecule has 0 aliphatic carbocycles. The van der Waals surface area contributed by atoms with Crippen LogP contribution in [0, 0.1) is 20.8 Å². The van der Waals surface area contributed by atoms with Gasteiger partial charge in [-0.05, 0) is 44.5 Å². The Labute approximate surface area is 122 Å². The average Bonchev–Trinajstić information content (AvgIpc) is 2.69. The average molecular weight is 290 g/mol. The predicted octanol–water partition coefficient (Wildman–Crippen LogP) is 3.61. The maximum Gasteiger partial charge on any atom is 0.221 e. The van der Waals surface area contributed by atoms with Crippen molar-refractivity contribution in [2.45, 2.75) is 34.3 Å². The molecule has 0 spiro atoms. The number of benzene rings is 1. The van der Waals surface area contributed by atoms with Gasteiger partial charge in [-0.1, -0.05) is 0 Å². The first-order chi connectivity index (χ1) is 9.45. The van der Waals surface area contributed by atoms with E-state index in [1.807, 2.05) is 32.0 Å². The second-order valence-corrected chi connectivity index (χ2v) is 5.98. The molecule has 1 amide bonds. The smallest absolute Gasteiger partial charge is 0.221 e. The molecule has 106 valence electrons. The molecular formula is C15H18N2O2S. The zero-order chi connectivity index (χ0) is 14.7. The van der Waals surface area contributed by atoms with Crippen molar-refractivity contribution in [3.8, 4) is 5.75 Å². The Bertz CT molecular complexity index is 615. The van der Waals surface area contributed by atoms with E-state index in [0.29, 0.717) is 6.61 Å². The number of carbonyl (C=O) groups is 1. The van der Waals surface area contributed by atoms with E-state index in [2.05, 4.69) is 17.2 Å². The number of thiazole rings is 1. The van der Waals surface area contributed by atoms with Crippen LogP contribution in [-0.2, 0) is 11.4 Å². The van der Waals surface area contributed by atoms with Crippen LogP contribution >= 0.6 is 11.3 Å². The topological polar surface area (TPSA) is 51.2 Å². The molecule has 2 aromatic rings. The number of anilines is 1. The maximum atomic E-state index is 11.0. The monoisotopic (exact) mass is 290 g/mol.